The molecular formula is C22H25NO4S. The van der Waals surface area contributed by atoms with Crippen LogP contribution in [0, 0.1) is 6.92 Å². The molecule has 0 saturated carbocycles. The second-order valence-corrected chi connectivity index (χ2v) is 8.73. The van der Waals surface area contributed by atoms with Gasteiger partial charge in [-0.15, -0.1) is 0 Å². The molecule has 1 heterocycles. The molecule has 3 rings (SSSR count). The molecule has 28 heavy (non-hydrogen) atoms. The molecule has 1 atom stereocenters. The third-order valence-electron chi connectivity index (χ3n) is 4.86. The van der Waals surface area contributed by atoms with Crippen molar-refractivity contribution in [1.29, 1.82) is 0 Å². The standard InChI is InChI=1S/C22H25NO4S/c1-4-5-20(17-8-10-18(27-3)11-9-17)21-14-23(15-22(21)24)28(25,26)19-12-6-16(2)7-13-19/h4-13,22,24H,14-15H2,1-3H3/b5-4-,21-20+. The number of methoxy groups -OCH3 is 1. The lowest BCUT2D eigenvalue weighted by molar-refractivity contribution is 0.217. The largest absolute Gasteiger partial charge is 0.497 e. The van der Waals surface area contributed by atoms with Gasteiger partial charge >= 0.3 is 0 Å². The van der Waals surface area contributed by atoms with E-state index in [-0.39, 0.29) is 18.0 Å². The molecule has 0 spiro atoms. The molecule has 0 bridgehead atoms. The van der Waals surface area contributed by atoms with Gasteiger partial charge in [-0.3, -0.25) is 0 Å². The van der Waals surface area contributed by atoms with Crippen LogP contribution in [0.3, 0.4) is 0 Å². The lowest BCUT2D eigenvalue weighted by Gasteiger charge is -2.15. The molecule has 2 aromatic carbocycles. The number of benzene rings is 2. The third-order valence-corrected chi connectivity index (χ3v) is 6.69. The molecule has 0 aromatic heterocycles. The van der Waals surface area contributed by atoms with Crippen LogP contribution in [0.2, 0.25) is 0 Å². The van der Waals surface area contributed by atoms with E-state index in [9.17, 15) is 13.5 Å². The SMILES string of the molecule is C/C=C\C(=C1\CN(S(=O)(=O)c2ccc(C)cc2)CC1O)c1ccc(OC)cc1. The minimum atomic E-state index is -3.67. The van der Waals surface area contributed by atoms with Gasteiger partial charge in [0.1, 0.15) is 5.75 Å². The molecule has 148 valence electrons. The topological polar surface area (TPSA) is 66.8 Å². The van der Waals surface area contributed by atoms with Crippen LogP contribution >= 0.6 is 0 Å². The Morgan fingerprint density at radius 2 is 1.79 bits per heavy atom. The first-order chi connectivity index (χ1) is 13.4. The summed E-state index contributed by atoms with van der Waals surface area (Å²) in [6, 6.07) is 14.3. The first-order valence-electron chi connectivity index (χ1n) is 9.12. The summed E-state index contributed by atoms with van der Waals surface area (Å²) in [6.07, 6.45) is 2.94. The Labute approximate surface area is 166 Å². The molecule has 0 radical (unpaired) electrons. The summed E-state index contributed by atoms with van der Waals surface area (Å²) in [6.45, 7) is 4.01. The van der Waals surface area contributed by atoms with Crippen molar-refractivity contribution in [3.8, 4) is 5.75 Å². The second-order valence-electron chi connectivity index (χ2n) is 6.79. The van der Waals surface area contributed by atoms with Crippen molar-refractivity contribution in [2.45, 2.75) is 24.8 Å². The summed E-state index contributed by atoms with van der Waals surface area (Å²) in [5.74, 6) is 0.740. The first kappa shape index (κ1) is 20.3. The van der Waals surface area contributed by atoms with Crippen LogP contribution in [0.25, 0.3) is 5.57 Å². The van der Waals surface area contributed by atoms with Crippen LogP contribution in [0.4, 0.5) is 0 Å². The number of nitrogens with zero attached hydrogens (tertiary/aromatic N) is 1. The highest BCUT2D eigenvalue weighted by Gasteiger charge is 2.36. The monoisotopic (exact) mass is 399 g/mol. The van der Waals surface area contributed by atoms with Crippen molar-refractivity contribution in [3.05, 3.63) is 77.4 Å². The highest BCUT2D eigenvalue weighted by atomic mass is 32.2. The fourth-order valence-electron chi connectivity index (χ4n) is 3.30. The van der Waals surface area contributed by atoms with Crippen LogP contribution < -0.4 is 4.74 Å². The lowest BCUT2D eigenvalue weighted by Crippen LogP contribution is -2.29. The van der Waals surface area contributed by atoms with E-state index >= 15 is 0 Å². The molecule has 6 heteroatoms. The van der Waals surface area contributed by atoms with Crippen LogP contribution in [0.15, 0.2) is 71.2 Å². The zero-order valence-electron chi connectivity index (χ0n) is 16.3. The maximum Gasteiger partial charge on any atom is 0.243 e. The molecule has 2 aromatic rings. The van der Waals surface area contributed by atoms with Gasteiger partial charge in [0, 0.05) is 13.1 Å². The van der Waals surface area contributed by atoms with Crippen molar-refractivity contribution < 1.29 is 18.3 Å². The van der Waals surface area contributed by atoms with Gasteiger partial charge in [-0.2, -0.15) is 4.31 Å². The summed E-state index contributed by atoms with van der Waals surface area (Å²) in [5.41, 5.74) is 3.43. The number of hydrogen-bond acceptors (Lipinski definition) is 4. The highest BCUT2D eigenvalue weighted by Crippen LogP contribution is 2.31. The molecule has 1 unspecified atom stereocenters. The van der Waals surface area contributed by atoms with E-state index in [2.05, 4.69) is 0 Å². The molecular weight excluding hydrogens is 374 g/mol. The van der Waals surface area contributed by atoms with Crippen LogP contribution in [-0.4, -0.2) is 44.1 Å². The molecule has 1 fully saturated rings. The van der Waals surface area contributed by atoms with Crippen molar-refractivity contribution >= 4 is 15.6 Å². The van der Waals surface area contributed by atoms with E-state index in [4.69, 9.17) is 4.74 Å². The summed E-state index contributed by atoms with van der Waals surface area (Å²) < 4.78 is 32.5. The molecule has 0 aliphatic carbocycles. The number of ether oxygens (including phenoxy) is 1. The predicted molar refractivity (Wildman–Crippen MR) is 111 cm³/mol. The van der Waals surface area contributed by atoms with Crippen LogP contribution in [0.5, 0.6) is 5.75 Å². The van der Waals surface area contributed by atoms with Crippen molar-refractivity contribution in [2.24, 2.45) is 0 Å². The van der Waals surface area contributed by atoms with Crippen molar-refractivity contribution in [1.82, 2.24) is 4.31 Å². The number of aliphatic hydroxyl groups is 1. The Balaban J connectivity index is 1.98. The third kappa shape index (κ3) is 4.04. The Morgan fingerprint density at radius 3 is 2.36 bits per heavy atom. The smallest absolute Gasteiger partial charge is 0.243 e. The normalized spacial score (nSPS) is 19.9. The summed E-state index contributed by atoms with van der Waals surface area (Å²) in [5, 5.41) is 10.7. The molecule has 1 aliphatic heterocycles. The van der Waals surface area contributed by atoms with Gasteiger partial charge < -0.3 is 9.84 Å². The average Bonchev–Trinajstić information content (AvgIpc) is 3.09. The number of hydrogen-bond donors (Lipinski definition) is 1. The maximum absolute atomic E-state index is 13.0. The predicted octanol–water partition coefficient (Wildman–Crippen LogP) is 3.40. The number of rotatable bonds is 5. The van der Waals surface area contributed by atoms with Gasteiger partial charge in [-0.25, -0.2) is 8.42 Å². The van der Waals surface area contributed by atoms with Crippen molar-refractivity contribution in [3.63, 3.8) is 0 Å². The van der Waals surface area contributed by atoms with Gasteiger partial charge in [0.2, 0.25) is 10.0 Å². The van der Waals surface area contributed by atoms with Gasteiger partial charge in [0.15, 0.2) is 0 Å². The zero-order chi connectivity index (χ0) is 20.3. The van der Waals surface area contributed by atoms with Gasteiger partial charge in [-0.1, -0.05) is 42.0 Å². The number of aliphatic hydroxyl groups excluding tert-OH is 1. The fraction of sp³-hybridized carbons (Fsp3) is 0.273. The number of allylic oxidation sites excluding steroid dienone is 3. The maximum atomic E-state index is 13.0. The lowest BCUT2D eigenvalue weighted by atomic mass is 9.97. The minimum Gasteiger partial charge on any atom is -0.497 e. The Kier molecular flexibility index (Phi) is 6.03. The summed E-state index contributed by atoms with van der Waals surface area (Å²) in [7, 11) is -2.06. The van der Waals surface area contributed by atoms with Gasteiger partial charge in [-0.05, 0) is 54.8 Å². The van der Waals surface area contributed by atoms with Crippen LogP contribution in [-0.2, 0) is 10.0 Å². The van der Waals surface area contributed by atoms with E-state index in [1.54, 1.807) is 31.4 Å². The highest BCUT2D eigenvalue weighted by molar-refractivity contribution is 7.89. The molecule has 1 aliphatic rings. The van der Waals surface area contributed by atoms with E-state index in [0.29, 0.717) is 5.57 Å². The Hall–Kier alpha value is -2.41. The summed E-state index contributed by atoms with van der Waals surface area (Å²) >= 11 is 0. The molecule has 0 amide bonds. The molecule has 1 saturated heterocycles. The molecule has 5 nitrogen and oxygen atoms in total. The quantitative estimate of drug-likeness (QED) is 0.837. The van der Waals surface area contributed by atoms with Crippen LogP contribution in [0.1, 0.15) is 18.1 Å². The first-order valence-corrected chi connectivity index (χ1v) is 10.6. The van der Waals surface area contributed by atoms with E-state index in [0.717, 1.165) is 22.4 Å². The fourth-order valence-corrected chi connectivity index (χ4v) is 4.72. The van der Waals surface area contributed by atoms with Gasteiger partial charge in [0.05, 0.1) is 18.1 Å². The number of β-amino-alcohol motifs (C(OH)–C–C–N with tert-alkyl or cyclic N) is 1. The van der Waals surface area contributed by atoms with Gasteiger partial charge in [0.25, 0.3) is 0 Å². The number of sulfonamides is 1. The zero-order valence-corrected chi connectivity index (χ0v) is 17.1. The average molecular weight is 400 g/mol. The minimum absolute atomic E-state index is 0.0444. The molecule has 1 N–H and O–H groups in total. The number of aryl methyl sites for hydroxylation is 1. The Morgan fingerprint density at radius 1 is 1.14 bits per heavy atom. The van der Waals surface area contributed by atoms with E-state index in [1.165, 1.54) is 4.31 Å². The Bertz CT molecular complexity index is 990. The second kappa shape index (κ2) is 8.31. The summed E-state index contributed by atoms with van der Waals surface area (Å²) in [4.78, 5) is 0.239. The van der Waals surface area contributed by atoms with Crippen molar-refractivity contribution in [2.75, 3.05) is 20.2 Å². The van der Waals surface area contributed by atoms with E-state index in [1.807, 2.05) is 50.3 Å². The van der Waals surface area contributed by atoms with E-state index < -0.39 is 16.1 Å².